The van der Waals surface area contributed by atoms with Gasteiger partial charge < -0.3 is 9.84 Å². The number of hydrogen-bond acceptors (Lipinski definition) is 3. The largest absolute Gasteiger partial charge is 0.389 e. The zero-order chi connectivity index (χ0) is 9.84. The van der Waals surface area contributed by atoms with E-state index in [1.54, 1.807) is 0 Å². The molecular weight excluding hydrogens is 173 g/mol. The molecule has 0 aromatic carbocycles. The fourth-order valence-corrected chi connectivity index (χ4v) is 1.78. The van der Waals surface area contributed by atoms with Gasteiger partial charge in [0.15, 0.2) is 0 Å². The standard InChI is InChI=1S/C9H18FNO2/c1-7-4-11(5-8(2)13-7)6-9(12)3-10/h7-9,12H,3-6H2,1-2H3. The molecule has 0 amide bonds. The summed E-state index contributed by atoms with van der Waals surface area (Å²) in [5.74, 6) is 0. The molecule has 0 radical (unpaired) electrons. The van der Waals surface area contributed by atoms with Gasteiger partial charge >= 0.3 is 0 Å². The summed E-state index contributed by atoms with van der Waals surface area (Å²) in [5, 5.41) is 9.13. The van der Waals surface area contributed by atoms with Gasteiger partial charge in [-0.25, -0.2) is 4.39 Å². The first-order chi connectivity index (χ1) is 6.11. The Morgan fingerprint density at radius 3 is 2.46 bits per heavy atom. The van der Waals surface area contributed by atoms with E-state index in [0.717, 1.165) is 13.1 Å². The zero-order valence-corrected chi connectivity index (χ0v) is 8.24. The Balaban J connectivity index is 2.32. The van der Waals surface area contributed by atoms with Gasteiger partial charge in [-0.1, -0.05) is 0 Å². The number of hydrogen-bond donors (Lipinski definition) is 1. The minimum Gasteiger partial charge on any atom is -0.389 e. The summed E-state index contributed by atoms with van der Waals surface area (Å²) in [5.41, 5.74) is 0. The molecule has 13 heavy (non-hydrogen) atoms. The average molecular weight is 191 g/mol. The van der Waals surface area contributed by atoms with Crippen LogP contribution in [0, 0.1) is 0 Å². The van der Waals surface area contributed by atoms with Crippen LogP contribution in [0.1, 0.15) is 13.8 Å². The molecular formula is C9H18FNO2. The maximum absolute atomic E-state index is 12.0. The highest BCUT2D eigenvalue weighted by Gasteiger charge is 2.23. The number of nitrogens with zero attached hydrogens (tertiary/aromatic N) is 1. The fourth-order valence-electron chi connectivity index (χ4n) is 1.78. The first kappa shape index (κ1) is 10.9. The SMILES string of the molecule is CC1CN(CC(O)CF)CC(C)O1. The van der Waals surface area contributed by atoms with E-state index >= 15 is 0 Å². The van der Waals surface area contributed by atoms with Crippen molar-refractivity contribution in [1.29, 1.82) is 0 Å². The van der Waals surface area contributed by atoms with E-state index in [2.05, 4.69) is 0 Å². The van der Waals surface area contributed by atoms with Crippen LogP contribution in [-0.2, 0) is 4.74 Å². The van der Waals surface area contributed by atoms with Crippen LogP contribution >= 0.6 is 0 Å². The third-order valence-corrected chi connectivity index (χ3v) is 2.14. The summed E-state index contributed by atoms with van der Waals surface area (Å²) in [4.78, 5) is 2.04. The van der Waals surface area contributed by atoms with E-state index in [0.29, 0.717) is 6.54 Å². The van der Waals surface area contributed by atoms with Crippen molar-refractivity contribution in [2.75, 3.05) is 26.3 Å². The van der Waals surface area contributed by atoms with Gasteiger partial charge in [0.25, 0.3) is 0 Å². The number of rotatable bonds is 3. The van der Waals surface area contributed by atoms with Crippen molar-refractivity contribution in [2.24, 2.45) is 0 Å². The van der Waals surface area contributed by atoms with Crippen molar-refractivity contribution in [3.8, 4) is 0 Å². The molecule has 78 valence electrons. The Morgan fingerprint density at radius 1 is 1.46 bits per heavy atom. The Morgan fingerprint density at radius 2 is 2.00 bits per heavy atom. The molecule has 0 aromatic heterocycles. The van der Waals surface area contributed by atoms with Gasteiger partial charge in [-0.15, -0.1) is 0 Å². The van der Waals surface area contributed by atoms with Crippen LogP contribution in [-0.4, -0.2) is 54.6 Å². The van der Waals surface area contributed by atoms with Gasteiger partial charge in [0.05, 0.1) is 18.3 Å². The second-order valence-corrected chi connectivity index (χ2v) is 3.78. The van der Waals surface area contributed by atoms with Crippen LogP contribution < -0.4 is 0 Å². The third kappa shape index (κ3) is 3.58. The van der Waals surface area contributed by atoms with Gasteiger partial charge in [-0.3, -0.25) is 4.90 Å². The maximum Gasteiger partial charge on any atom is 0.117 e. The number of aliphatic hydroxyl groups is 1. The monoisotopic (exact) mass is 191 g/mol. The first-order valence-corrected chi connectivity index (χ1v) is 4.73. The summed E-state index contributed by atoms with van der Waals surface area (Å²) >= 11 is 0. The minimum absolute atomic E-state index is 0.176. The lowest BCUT2D eigenvalue weighted by molar-refractivity contribution is -0.0775. The van der Waals surface area contributed by atoms with Crippen molar-refractivity contribution in [3.05, 3.63) is 0 Å². The quantitative estimate of drug-likeness (QED) is 0.702. The molecule has 1 N–H and O–H groups in total. The van der Waals surface area contributed by atoms with Crippen molar-refractivity contribution in [2.45, 2.75) is 32.2 Å². The smallest absolute Gasteiger partial charge is 0.117 e. The normalized spacial score (nSPS) is 33.2. The predicted molar refractivity (Wildman–Crippen MR) is 48.4 cm³/mol. The maximum atomic E-state index is 12.0. The number of aliphatic hydroxyl groups excluding tert-OH is 1. The third-order valence-electron chi connectivity index (χ3n) is 2.14. The minimum atomic E-state index is -0.850. The molecule has 1 saturated heterocycles. The summed E-state index contributed by atoms with van der Waals surface area (Å²) < 4.78 is 17.5. The van der Waals surface area contributed by atoms with E-state index < -0.39 is 12.8 Å². The van der Waals surface area contributed by atoms with Gasteiger partial charge in [0, 0.05) is 19.6 Å². The zero-order valence-electron chi connectivity index (χ0n) is 8.24. The summed E-state index contributed by atoms with van der Waals surface area (Å²) in [6, 6.07) is 0. The fraction of sp³-hybridized carbons (Fsp3) is 1.00. The number of alkyl halides is 1. The van der Waals surface area contributed by atoms with E-state index in [9.17, 15) is 4.39 Å². The highest BCUT2D eigenvalue weighted by molar-refractivity contribution is 4.74. The number of halogens is 1. The molecule has 1 aliphatic rings. The molecule has 0 bridgehead atoms. The highest BCUT2D eigenvalue weighted by Crippen LogP contribution is 2.10. The van der Waals surface area contributed by atoms with Crippen molar-refractivity contribution in [1.82, 2.24) is 4.90 Å². The second kappa shape index (κ2) is 4.88. The van der Waals surface area contributed by atoms with Crippen LogP contribution in [0.5, 0.6) is 0 Å². The van der Waals surface area contributed by atoms with Crippen LogP contribution in [0.2, 0.25) is 0 Å². The van der Waals surface area contributed by atoms with Gasteiger partial charge in [-0.2, -0.15) is 0 Å². The Hall–Kier alpha value is -0.190. The average Bonchev–Trinajstić information content (AvgIpc) is 2.02. The lowest BCUT2D eigenvalue weighted by atomic mass is 10.2. The van der Waals surface area contributed by atoms with Crippen molar-refractivity contribution < 1.29 is 14.2 Å². The van der Waals surface area contributed by atoms with Crippen molar-refractivity contribution in [3.63, 3.8) is 0 Å². The number of morpholine rings is 1. The second-order valence-electron chi connectivity index (χ2n) is 3.78. The lowest BCUT2D eigenvalue weighted by Crippen LogP contribution is -2.48. The topological polar surface area (TPSA) is 32.7 Å². The van der Waals surface area contributed by atoms with Crippen LogP contribution in [0.25, 0.3) is 0 Å². The molecule has 0 aliphatic carbocycles. The number of β-amino-alcohol motifs (C(OH)–C–C–N with tert-alkyl or cyclic N) is 1. The van der Waals surface area contributed by atoms with E-state index in [1.807, 2.05) is 18.7 Å². The molecule has 1 fully saturated rings. The molecule has 0 saturated carbocycles. The number of ether oxygens (including phenoxy) is 1. The predicted octanol–water partition coefficient (Wildman–Crippen LogP) is 0.426. The van der Waals surface area contributed by atoms with Crippen LogP contribution in [0.15, 0.2) is 0 Å². The molecule has 3 atom stereocenters. The molecule has 3 nitrogen and oxygen atoms in total. The van der Waals surface area contributed by atoms with Gasteiger partial charge in [0.2, 0.25) is 0 Å². The van der Waals surface area contributed by atoms with Gasteiger partial charge in [-0.05, 0) is 13.8 Å². The van der Waals surface area contributed by atoms with E-state index in [4.69, 9.17) is 9.84 Å². The summed E-state index contributed by atoms with van der Waals surface area (Å²) in [6.45, 7) is 5.28. The molecule has 1 rings (SSSR count). The molecule has 0 aromatic rings. The Bertz CT molecular complexity index is 147. The Labute approximate surface area is 78.5 Å². The molecule has 3 unspecified atom stereocenters. The van der Waals surface area contributed by atoms with E-state index in [-0.39, 0.29) is 12.2 Å². The van der Waals surface area contributed by atoms with Gasteiger partial charge in [0.1, 0.15) is 6.67 Å². The summed E-state index contributed by atoms with van der Waals surface area (Å²) in [7, 11) is 0. The Kier molecular flexibility index (Phi) is 4.09. The van der Waals surface area contributed by atoms with Crippen LogP contribution in [0.4, 0.5) is 4.39 Å². The van der Waals surface area contributed by atoms with Crippen LogP contribution in [0.3, 0.4) is 0 Å². The summed E-state index contributed by atoms with van der Waals surface area (Å²) in [6.07, 6.45) is -0.497. The molecule has 1 aliphatic heterocycles. The van der Waals surface area contributed by atoms with E-state index in [1.165, 1.54) is 0 Å². The highest BCUT2D eigenvalue weighted by atomic mass is 19.1. The molecule has 4 heteroatoms. The van der Waals surface area contributed by atoms with Crippen molar-refractivity contribution >= 4 is 0 Å². The molecule has 1 heterocycles. The first-order valence-electron chi connectivity index (χ1n) is 4.73. The lowest BCUT2D eigenvalue weighted by Gasteiger charge is -2.35. The molecule has 0 spiro atoms.